The average Bonchev–Trinajstić information content (AvgIpc) is 1.41. The Kier molecular flexibility index (Phi) is 35.3. The van der Waals surface area contributed by atoms with E-state index in [0.29, 0.717) is 0 Å². The van der Waals surface area contributed by atoms with Gasteiger partial charge in [0, 0.05) is 0 Å². The molecule has 0 amide bonds. The summed E-state index contributed by atoms with van der Waals surface area (Å²) in [7, 11) is 0. The van der Waals surface area contributed by atoms with Gasteiger partial charge < -0.3 is 48.0 Å². The second kappa shape index (κ2) is 15.7. The normalized spacial score (nSPS) is 6.00. The van der Waals surface area contributed by atoms with Crippen LogP contribution in [0.1, 0.15) is 33.1 Å². The maximum absolute atomic E-state index is 2.21. The van der Waals surface area contributed by atoms with Gasteiger partial charge in [-0.25, -0.2) is 0 Å². The highest BCUT2D eigenvalue weighted by atomic mass is 127. The fraction of sp³-hybridized carbons (Fsp3) is 1.00. The molecule has 0 aliphatic rings. The zero-order valence-corrected chi connectivity index (χ0v) is 9.19. The van der Waals surface area contributed by atoms with Gasteiger partial charge in [-0.1, -0.05) is 33.1 Å². The van der Waals surface area contributed by atoms with Crippen LogP contribution in [0.15, 0.2) is 0 Å². The zero-order valence-electron chi connectivity index (χ0n) is 4.88. The van der Waals surface area contributed by atoms with E-state index in [9.17, 15) is 0 Å². The summed E-state index contributed by atoms with van der Waals surface area (Å²) in [4.78, 5) is 0. The lowest BCUT2D eigenvalue weighted by molar-refractivity contribution is -0.00100. The Morgan fingerprint density at radius 3 is 1.14 bits per heavy atom. The summed E-state index contributed by atoms with van der Waals surface area (Å²) in [6, 6.07) is 0. The monoisotopic (exact) mass is 326 g/mol. The van der Waals surface area contributed by atoms with Gasteiger partial charge in [-0.3, -0.25) is 0 Å². The standard InChI is InChI=1S/C5H12.2HI/c1-3-5-4-2;;/h3-5H2,1-2H3;2*1H/p-2. The second-order valence-electron chi connectivity index (χ2n) is 1.35. The molecule has 0 radical (unpaired) electrons. The fourth-order valence-corrected chi connectivity index (χ4v) is 0.354. The smallest absolute Gasteiger partial charge is 0.0538 e. The molecular formula is C5H12I2-2. The molecule has 0 aromatic rings. The lowest BCUT2D eigenvalue weighted by Crippen LogP contribution is -3.00. The number of rotatable bonds is 2. The van der Waals surface area contributed by atoms with Gasteiger partial charge in [0.25, 0.3) is 0 Å². The van der Waals surface area contributed by atoms with Crippen LogP contribution in [0.2, 0.25) is 0 Å². The Morgan fingerprint density at radius 2 is 1.14 bits per heavy atom. The first-order valence-electron chi connectivity index (χ1n) is 2.41. The third kappa shape index (κ3) is 18.6. The minimum Gasteiger partial charge on any atom is -1.00 e. The summed E-state index contributed by atoms with van der Waals surface area (Å²) in [5, 5.41) is 0. The third-order valence-corrected chi connectivity index (χ3v) is 0.707. The van der Waals surface area contributed by atoms with E-state index >= 15 is 0 Å². The van der Waals surface area contributed by atoms with E-state index in [1.165, 1.54) is 19.3 Å². The molecule has 0 heterocycles. The molecule has 0 N–H and O–H groups in total. The van der Waals surface area contributed by atoms with Gasteiger partial charge in [0.1, 0.15) is 0 Å². The summed E-state index contributed by atoms with van der Waals surface area (Å²) in [6.07, 6.45) is 4.08. The predicted molar refractivity (Wildman–Crippen MR) is 25.2 cm³/mol. The number of hydrogen-bond donors (Lipinski definition) is 0. The molecule has 0 aliphatic heterocycles. The number of unbranched alkanes of at least 4 members (excludes halogenated alkanes) is 2. The molecular weight excluding hydrogens is 314 g/mol. The highest BCUT2D eigenvalue weighted by molar-refractivity contribution is 4.24. The Balaban J connectivity index is -0.0000000800. The summed E-state index contributed by atoms with van der Waals surface area (Å²) < 4.78 is 0. The highest BCUT2D eigenvalue weighted by Gasteiger charge is 1.68. The van der Waals surface area contributed by atoms with Crippen LogP contribution in [0, 0.1) is 0 Å². The van der Waals surface area contributed by atoms with Crippen LogP contribution >= 0.6 is 0 Å². The van der Waals surface area contributed by atoms with Crippen molar-refractivity contribution < 1.29 is 48.0 Å². The molecule has 0 aliphatic carbocycles. The van der Waals surface area contributed by atoms with Gasteiger partial charge in [-0.2, -0.15) is 0 Å². The second-order valence-corrected chi connectivity index (χ2v) is 1.35. The van der Waals surface area contributed by atoms with Crippen molar-refractivity contribution in [2.45, 2.75) is 33.1 Å². The van der Waals surface area contributed by atoms with Crippen molar-refractivity contribution >= 4 is 0 Å². The lowest BCUT2D eigenvalue weighted by atomic mass is 10.3. The van der Waals surface area contributed by atoms with Crippen molar-refractivity contribution in [1.82, 2.24) is 0 Å². The van der Waals surface area contributed by atoms with E-state index in [1.54, 1.807) is 0 Å². The Morgan fingerprint density at radius 1 is 0.857 bits per heavy atom. The summed E-state index contributed by atoms with van der Waals surface area (Å²) >= 11 is 0. The molecule has 7 heavy (non-hydrogen) atoms. The van der Waals surface area contributed by atoms with Gasteiger partial charge in [-0.05, 0) is 0 Å². The first-order chi connectivity index (χ1) is 2.41. The molecule has 0 nitrogen and oxygen atoms in total. The molecule has 0 spiro atoms. The van der Waals surface area contributed by atoms with Crippen molar-refractivity contribution in [2.24, 2.45) is 0 Å². The Labute approximate surface area is 80.5 Å². The molecule has 0 unspecified atom stereocenters. The fourth-order valence-electron chi connectivity index (χ4n) is 0.354. The minimum absolute atomic E-state index is 0. The Hall–Kier alpha value is 1.46. The average molecular weight is 326 g/mol. The molecule has 0 saturated heterocycles. The maximum Gasteiger partial charge on any atom is -0.0538 e. The topological polar surface area (TPSA) is 0 Å². The van der Waals surface area contributed by atoms with Crippen molar-refractivity contribution in [3.63, 3.8) is 0 Å². The van der Waals surface area contributed by atoms with Crippen LogP contribution < -0.4 is 48.0 Å². The molecule has 2 heteroatoms. The van der Waals surface area contributed by atoms with Gasteiger partial charge in [-0.15, -0.1) is 0 Å². The van der Waals surface area contributed by atoms with E-state index < -0.39 is 0 Å². The quantitative estimate of drug-likeness (QED) is 0.457. The predicted octanol–water partition coefficient (Wildman–Crippen LogP) is -3.80. The van der Waals surface area contributed by atoms with Gasteiger partial charge >= 0.3 is 0 Å². The first kappa shape index (κ1) is 15.8. The molecule has 0 rings (SSSR count). The molecule has 48 valence electrons. The molecule has 0 fully saturated rings. The first-order valence-corrected chi connectivity index (χ1v) is 2.41. The van der Waals surface area contributed by atoms with Crippen molar-refractivity contribution in [3.05, 3.63) is 0 Å². The van der Waals surface area contributed by atoms with Gasteiger partial charge in [0.2, 0.25) is 0 Å². The van der Waals surface area contributed by atoms with Crippen LogP contribution in [0.4, 0.5) is 0 Å². The van der Waals surface area contributed by atoms with E-state index in [2.05, 4.69) is 13.8 Å². The highest BCUT2D eigenvalue weighted by Crippen LogP contribution is 1.88. The van der Waals surface area contributed by atoms with E-state index in [4.69, 9.17) is 0 Å². The zero-order chi connectivity index (χ0) is 4.12. The van der Waals surface area contributed by atoms with Crippen LogP contribution in [0.25, 0.3) is 0 Å². The summed E-state index contributed by atoms with van der Waals surface area (Å²) in [5.74, 6) is 0. The molecule has 0 bridgehead atoms. The maximum atomic E-state index is 2.21. The summed E-state index contributed by atoms with van der Waals surface area (Å²) in [6.45, 7) is 4.42. The molecule has 0 aromatic heterocycles. The van der Waals surface area contributed by atoms with Crippen LogP contribution in [-0.2, 0) is 0 Å². The van der Waals surface area contributed by atoms with Crippen LogP contribution in [0.5, 0.6) is 0 Å². The SMILES string of the molecule is CCCCC.[I-].[I-]. The van der Waals surface area contributed by atoms with Crippen molar-refractivity contribution in [1.29, 1.82) is 0 Å². The number of hydrogen-bond acceptors (Lipinski definition) is 0. The van der Waals surface area contributed by atoms with Gasteiger partial charge in [0.05, 0.1) is 0 Å². The number of halogens is 2. The lowest BCUT2D eigenvalue weighted by Gasteiger charge is -1.79. The molecule has 0 aromatic carbocycles. The summed E-state index contributed by atoms with van der Waals surface area (Å²) in [5.41, 5.74) is 0. The van der Waals surface area contributed by atoms with Crippen LogP contribution in [-0.4, -0.2) is 0 Å². The van der Waals surface area contributed by atoms with Crippen molar-refractivity contribution in [2.75, 3.05) is 0 Å². The largest absolute Gasteiger partial charge is 1.00 e. The van der Waals surface area contributed by atoms with E-state index in [-0.39, 0.29) is 48.0 Å². The molecule has 0 saturated carbocycles. The Bertz CT molecular complexity index is 13.6. The van der Waals surface area contributed by atoms with E-state index in [1.807, 2.05) is 0 Å². The van der Waals surface area contributed by atoms with Crippen molar-refractivity contribution in [3.8, 4) is 0 Å². The minimum atomic E-state index is 0. The van der Waals surface area contributed by atoms with E-state index in [0.717, 1.165) is 0 Å². The van der Waals surface area contributed by atoms with Crippen LogP contribution in [0.3, 0.4) is 0 Å². The van der Waals surface area contributed by atoms with Gasteiger partial charge in [0.15, 0.2) is 0 Å². The molecule has 0 atom stereocenters. The third-order valence-electron chi connectivity index (χ3n) is 0.707.